The number of rotatable bonds is 18. The normalized spacial score (nSPS) is 11.2. The van der Waals surface area contributed by atoms with E-state index >= 15 is 0 Å². The van der Waals surface area contributed by atoms with E-state index in [0.717, 1.165) is 6.42 Å². The molecule has 0 heterocycles. The molecule has 0 saturated carbocycles. The lowest BCUT2D eigenvalue weighted by Gasteiger charge is -2.01. The zero-order chi connectivity index (χ0) is 17.9. The Labute approximate surface area is 152 Å². The van der Waals surface area contributed by atoms with Crippen molar-refractivity contribution in [3.05, 3.63) is 24.3 Å². The predicted molar refractivity (Wildman–Crippen MR) is 109 cm³/mol. The van der Waals surface area contributed by atoms with Crippen molar-refractivity contribution in [3.63, 3.8) is 0 Å². The molecule has 0 spiro atoms. The van der Waals surface area contributed by atoms with Gasteiger partial charge in [-0.25, -0.2) is 0 Å². The third kappa shape index (κ3) is 17.5. The molecule has 24 heavy (non-hydrogen) atoms. The van der Waals surface area contributed by atoms with Crippen LogP contribution in [0, 0.1) is 0 Å². The van der Waals surface area contributed by atoms with Crippen LogP contribution in [0.2, 0.25) is 0 Å². The van der Waals surface area contributed by atoms with Crippen LogP contribution in [-0.4, -0.2) is 5.78 Å². The zero-order valence-electron chi connectivity index (χ0n) is 16.6. The van der Waals surface area contributed by atoms with Gasteiger partial charge in [0, 0.05) is 6.42 Å². The van der Waals surface area contributed by atoms with Crippen molar-refractivity contribution in [2.75, 3.05) is 0 Å². The lowest BCUT2D eigenvalue weighted by Crippen LogP contribution is -1.97. The summed E-state index contributed by atoms with van der Waals surface area (Å²) in [5, 5.41) is 0. The predicted octanol–water partition coefficient (Wildman–Crippen LogP) is 7.95. The van der Waals surface area contributed by atoms with E-state index in [1.165, 1.54) is 89.9 Å². The monoisotopic (exact) mass is 334 g/mol. The van der Waals surface area contributed by atoms with Crippen LogP contribution in [0.15, 0.2) is 24.3 Å². The molecule has 0 radical (unpaired) electrons. The summed E-state index contributed by atoms with van der Waals surface area (Å²) in [5.41, 5.74) is 0.708. The van der Waals surface area contributed by atoms with Gasteiger partial charge in [-0.15, -0.1) is 0 Å². The summed E-state index contributed by atoms with van der Waals surface area (Å²) in [6.07, 6.45) is 25.2. The molecule has 0 aromatic rings. The van der Waals surface area contributed by atoms with E-state index in [2.05, 4.69) is 25.7 Å². The molecule has 0 saturated heterocycles. The molecule has 0 aromatic heterocycles. The standard InChI is InChI=1S/C23H42O/c1-4-5-6-7-8-9-10-11-12-13-14-15-16-17-18-19-20-21-23(24)22(2)3/h11-12H,2,4-10,13-21H2,1,3H3/b12-11-. The number of hydrogen-bond donors (Lipinski definition) is 0. The van der Waals surface area contributed by atoms with Gasteiger partial charge in [-0.3, -0.25) is 4.79 Å². The van der Waals surface area contributed by atoms with Gasteiger partial charge in [0.1, 0.15) is 0 Å². The Morgan fingerprint density at radius 1 is 0.708 bits per heavy atom. The summed E-state index contributed by atoms with van der Waals surface area (Å²) in [7, 11) is 0. The van der Waals surface area contributed by atoms with Gasteiger partial charge in [0.2, 0.25) is 0 Å². The molecule has 0 aliphatic carbocycles. The van der Waals surface area contributed by atoms with Crippen molar-refractivity contribution < 1.29 is 4.79 Å². The van der Waals surface area contributed by atoms with Crippen molar-refractivity contribution in [2.45, 2.75) is 117 Å². The minimum absolute atomic E-state index is 0.239. The molecule has 0 rings (SSSR count). The van der Waals surface area contributed by atoms with Gasteiger partial charge in [0.25, 0.3) is 0 Å². The lowest BCUT2D eigenvalue weighted by molar-refractivity contribution is -0.115. The van der Waals surface area contributed by atoms with Crippen molar-refractivity contribution in [1.29, 1.82) is 0 Å². The second-order valence-electron chi connectivity index (χ2n) is 7.24. The first-order valence-corrected chi connectivity index (χ1v) is 10.5. The second kappa shape index (κ2) is 18.5. The minimum Gasteiger partial charge on any atom is -0.295 e. The smallest absolute Gasteiger partial charge is 0.157 e. The van der Waals surface area contributed by atoms with E-state index in [1.54, 1.807) is 0 Å². The van der Waals surface area contributed by atoms with Crippen LogP contribution in [-0.2, 0) is 4.79 Å². The first kappa shape index (κ1) is 23.1. The Hall–Kier alpha value is -0.850. The second-order valence-corrected chi connectivity index (χ2v) is 7.24. The Bertz CT molecular complexity index is 327. The molecule has 0 atom stereocenters. The molecule has 0 amide bonds. The van der Waals surface area contributed by atoms with E-state index < -0.39 is 0 Å². The van der Waals surface area contributed by atoms with Gasteiger partial charge in [-0.05, 0) is 44.6 Å². The molecule has 0 unspecified atom stereocenters. The maximum atomic E-state index is 11.4. The van der Waals surface area contributed by atoms with Gasteiger partial charge >= 0.3 is 0 Å². The quantitative estimate of drug-likeness (QED) is 0.141. The van der Waals surface area contributed by atoms with Crippen molar-refractivity contribution in [1.82, 2.24) is 0 Å². The van der Waals surface area contributed by atoms with Crippen LogP contribution in [0.5, 0.6) is 0 Å². The van der Waals surface area contributed by atoms with Gasteiger partial charge in [-0.1, -0.05) is 89.9 Å². The molecule has 0 aliphatic rings. The number of allylic oxidation sites excluding steroid dienone is 3. The molecule has 0 aromatic carbocycles. The number of Topliss-reactive ketones (excluding diaryl/α,β-unsaturated/α-hetero) is 1. The molecule has 1 nitrogen and oxygen atoms in total. The summed E-state index contributed by atoms with van der Waals surface area (Å²) in [6.45, 7) is 7.78. The lowest BCUT2D eigenvalue weighted by atomic mass is 10.0. The topological polar surface area (TPSA) is 17.1 Å². The molecular weight excluding hydrogens is 292 g/mol. The maximum Gasteiger partial charge on any atom is 0.157 e. The maximum absolute atomic E-state index is 11.4. The Balaban J connectivity index is 3.15. The van der Waals surface area contributed by atoms with Crippen molar-refractivity contribution in [2.24, 2.45) is 0 Å². The van der Waals surface area contributed by atoms with Gasteiger partial charge in [-0.2, -0.15) is 0 Å². The first-order chi connectivity index (χ1) is 11.7. The number of carbonyl (C=O) groups is 1. The third-order valence-corrected chi connectivity index (χ3v) is 4.64. The summed E-state index contributed by atoms with van der Waals surface area (Å²) in [4.78, 5) is 11.4. The molecule has 0 bridgehead atoms. The highest BCUT2D eigenvalue weighted by atomic mass is 16.1. The molecule has 0 aliphatic heterocycles. The van der Waals surface area contributed by atoms with E-state index in [0.29, 0.717) is 12.0 Å². The average molecular weight is 335 g/mol. The Morgan fingerprint density at radius 3 is 1.58 bits per heavy atom. The fourth-order valence-electron chi connectivity index (χ4n) is 2.92. The molecule has 1 heteroatoms. The number of ketones is 1. The molecule has 0 N–H and O–H groups in total. The highest BCUT2D eigenvalue weighted by Gasteiger charge is 2.01. The van der Waals surface area contributed by atoms with Crippen molar-refractivity contribution >= 4 is 5.78 Å². The van der Waals surface area contributed by atoms with Crippen LogP contribution in [0.3, 0.4) is 0 Å². The van der Waals surface area contributed by atoms with Gasteiger partial charge in [0.05, 0.1) is 0 Å². The fourth-order valence-corrected chi connectivity index (χ4v) is 2.92. The van der Waals surface area contributed by atoms with E-state index in [1.807, 2.05) is 6.92 Å². The largest absolute Gasteiger partial charge is 0.295 e. The fraction of sp³-hybridized carbons (Fsp3) is 0.783. The van der Waals surface area contributed by atoms with Gasteiger partial charge in [0.15, 0.2) is 5.78 Å². The average Bonchev–Trinajstić information content (AvgIpc) is 2.57. The highest BCUT2D eigenvalue weighted by Crippen LogP contribution is 2.12. The van der Waals surface area contributed by atoms with Crippen LogP contribution in [0.4, 0.5) is 0 Å². The zero-order valence-corrected chi connectivity index (χ0v) is 16.6. The summed E-state index contributed by atoms with van der Waals surface area (Å²) >= 11 is 0. The third-order valence-electron chi connectivity index (χ3n) is 4.64. The van der Waals surface area contributed by atoms with Crippen molar-refractivity contribution in [3.8, 4) is 0 Å². The number of carbonyl (C=O) groups excluding carboxylic acids is 1. The molecule has 140 valence electrons. The number of unbranched alkanes of at least 4 members (excludes halogenated alkanes) is 13. The van der Waals surface area contributed by atoms with Crippen LogP contribution >= 0.6 is 0 Å². The summed E-state index contributed by atoms with van der Waals surface area (Å²) in [6, 6.07) is 0. The highest BCUT2D eigenvalue weighted by molar-refractivity contribution is 5.93. The van der Waals surface area contributed by atoms with Crippen LogP contribution in [0.1, 0.15) is 117 Å². The van der Waals surface area contributed by atoms with Gasteiger partial charge < -0.3 is 0 Å². The minimum atomic E-state index is 0.239. The molecular formula is C23H42O. The van der Waals surface area contributed by atoms with E-state index in [-0.39, 0.29) is 5.78 Å². The van der Waals surface area contributed by atoms with Crippen LogP contribution < -0.4 is 0 Å². The van der Waals surface area contributed by atoms with Crippen LogP contribution in [0.25, 0.3) is 0 Å². The summed E-state index contributed by atoms with van der Waals surface area (Å²) < 4.78 is 0. The first-order valence-electron chi connectivity index (χ1n) is 10.5. The Morgan fingerprint density at radius 2 is 1.12 bits per heavy atom. The van der Waals surface area contributed by atoms with E-state index in [4.69, 9.17) is 0 Å². The number of hydrogen-bond acceptors (Lipinski definition) is 1. The SMILES string of the molecule is C=C(C)C(=O)CCCCCCCCC/C=C\CCCCCCCC. The summed E-state index contributed by atoms with van der Waals surface area (Å²) in [5.74, 6) is 0.239. The molecule has 0 fully saturated rings. The Kier molecular flexibility index (Phi) is 17.8. The van der Waals surface area contributed by atoms with E-state index in [9.17, 15) is 4.79 Å².